The molecule has 0 bridgehead atoms. The van der Waals surface area contributed by atoms with Crippen molar-refractivity contribution in [2.24, 2.45) is 0 Å². The van der Waals surface area contributed by atoms with Crippen LogP contribution in [0.5, 0.6) is 0 Å². The summed E-state index contributed by atoms with van der Waals surface area (Å²) in [5.41, 5.74) is 1.05. The van der Waals surface area contributed by atoms with E-state index in [1.165, 1.54) is 4.31 Å². The van der Waals surface area contributed by atoms with E-state index in [0.717, 1.165) is 24.8 Å². The molecule has 2 unspecified atom stereocenters. The Balaban J connectivity index is 2.01. The van der Waals surface area contributed by atoms with Crippen LogP contribution >= 0.6 is 0 Å². The van der Waals surface area contributed by atoms with Crippen LogP contribution in [0, 0.1) is 0 Å². The maximum Gasteiger partial charge on any atom is 0.279 e. The van der Waals surface area contributed by atoms with Gasteiger partial charge < -0.3 is 5.11 Å². The molecule has 1 heterocycles. The molecule has 1 aliphatic heterocycles. The second-order valence-electron chi connectivity index (χ2n) is 6.01. The van der Waals surface area contributed by atoms with Crippen molar-refractivity contribution < 1.29 is 13.5 Å². The number of nitrogens with one attached hydrogen (secondary N) is 1. The number of rotatable bonds is 7. The van der Waals surface area contributed by atoms with E-state index >= 15 is 0 Å². The molecule has 0 amide bonds. The highest BCUT2D eigenvalue weighted by Gasteiger charge is 2.25. The minimum Gasteiger partial charge on any atom is -0.393 e. The topological polar surface area (TPSA) is 69.6 Å². The predicted molar refractivity (Wildman–Crippen MR) is 87.8 cm³/mol. The Morgan fingerprint density at radius 2 is 1.82 bits per heavy atom. The second kappa shape index (κ2) is 8.06. The van der Waals surface area contributed by atoms with Crippen molar-refractivity contribution in [1.82, 2.24) is 9.03 Å². The molecule has 124 valence electrons. The van der Waals surface area contributed by atoms with Gasteiger partial charge in [0.15, 0.2) is 0 Å². The van der Waals surface area contributed by atoms with E-state index < -0.39 is 16.3 Å². The maximum absolute atomic E-state index is 12.4. The SMILES string of the molecule is CC(O)CC(CNS(=O)(=O)N1CCCCC1)c1ccccc1. The summed E-state index contributed by atoms with van der Waals surface area (Å²) in [5.74, 6) is -0.0271. The molecule has 2 N–H and O–H groups in total. The van der Waals surface area contributed by atoms with Crippen LogP contribution in [-0.4, -0.2) is 43.6 Å². The quantitative estimate of drug-likeness (QED) is 0.803. The summed E-state index contributed by atoms with van der Waals surface area (Å²) < 4.78 is 29.0. The van der Waals surface area contributed by atoms with Crippen LogP contribution in [0.3, 0.4) is 0 Å². The standard InChI is InChI=1S/C16H26N2O3S/c1-14(19)12-16(15-8-4-2-5-9-15)13-17-22(20,21)18-10-6-3-7-11-18/h2,4-5,8-9,14,16-17,19H,3,6-7,10-13H2,1H3. The molecule has 1 aromatic carbocycles. The van der Waals surface area contributed by atoms with E-state index in [4.69, 9.17) is 0 Å². The van der Waals surface area contributed by atoms with Crippen molar-refractivity contribution in [3.05, 3.63) is 35.9 Å². The van der Waals surface area contributed by atoms with E-state index in [2.05, 4.69) is 4.72 Å². The van der Waals surface area contributed by atoms with Crippen LogP contribution < -0.4 is 4.72 Å². The summed E-state index contributed by atoms with van der Waals surface area (Å²) in [6.07, 6.45) is 3.02. The number of nitrogens with zero attached hydrogens (tertiary/aromatic N) is 1. The third-order valence-corrected chi connectivity index (χ3v) is 5.64. The fraction of sp³-hybridized carbons (Fsp3) is 0.625. The van der Waals surface area contributed by atoms with Gasteiger partial charge in [0.1, 0.15) is 0 Å². The van der Waals surface area contributed by atoms with Crippen molar-refractivity contribution >= 4 is 10.2 Å². The van der Waals surface area contributed by atoms with Crippen molar-refractivity contribution in [2.45, 2.75) is 44.6 Å². The molecule has 2 atom stereocenters. The van der Waals surface area contributed by atoms with Gasteiger partial charge in [0.25, 0.3) is 10.2 Å². The smallest absolute Gasteiger partial charge is 0.279 e. The molecule has 22 heavy (non-hydrogen) atoms. The number of hydrogen-bond acceptors (Lipinski definition) is 3. The van der Waals surface area contributed by atoms with Crippen molar-refractivity contribution in [1.29, 1.82) is 0 Å². The minimum atomic E-state index is -3.42. The third kappa shape index (κ3) is 5.05. The molecule has 1 aliphatic rings. The van der Waals surface area contributed by atoms with Crippen LogP contribution in [0.25, 0.3) is 0 Å². The van der Waals surface area contributed by atoms with Gasteiger partial charge in [-0.05, 0) is 37.7 Å². The van der Waals surface area contributed by atoms with Gasteiger partial charge in [0, 0.05) is 19.6 Å². The lowest BCUT2D eigenvalue weighted by atomic mass is 9.94. The van der Waals surface area contributed by atoms with Crippen LogP contribution in [0.2, 0.25) is 0 Å². The van der Waals surface area contributed by atoms with Gasteiger partial charge in [0.2, 0.25) is 0 Å². The molecule has 6 heteroatoms. The highest BCUT2D eigenvalue weighted by molar-refractivity contribution is 7.87. The largest absolute Gasteiger partial charge is 0.393 e. The first-order valence-corrected chi connectivity index (χ1v) is 9.41. The first-order valence-electron chi connectivity index (χ1n) is 7.97. The van der Waals surface area contributed by atoms with Gasteiger partial charge in [-0.15, -0.1) is 0 Å². The average Bonchev–Trinajstić information content (AvgIpc) is 2.53. The van der Waals surface area contributed by atoms with E-state index in [0.29, 0.717) is 26.1 Å². The molecule has 2 rings (SSSR count). The number of piperidine rings is 1. The molecule has 0 spiro atoms. The van der Waals surface area contributed by atoms with Gasteiger partial charge in [-0.1, -0.05) is 36.8 Å². The maximum atomic E-state index is 12.4. The summed E-state index contributed by atoms with van der Waals surface area (Å²) in [6, 6.07) is 9.75. The summed E-state index contributed by atoms with van der Waals surface area (Å²) >= 11 is 0. The Hall–Kier alpha value is -0.950. The Bertz CT molecular complexity index is 540. The van der Waals surface area contributed by atoms with Gasteiger partial charge >= 0.3 is 0 Å². The van der Waals surface area contributed by atoms with Crippen LogP contribution in [0.15, 0.2) is 30.3 Å². The lowest BCUT2D eigenvalue weighted by Crippen LogP contribution is -2.44. The summed E-state index contributed by atoms with van der Waals surface area (Å²) in [7, 11) is -3.42. The fourth-order valence-electron chi connectivity index (χ4n) is 2.88. The molecular formula is C16H26N2O3S. The Morgan fingerprint density at radius 3 is 2.41 bits per heavy atom. The monoisotopic (exact) mass is 326 g/mol. The molecule has 1 saturated heterocycles. The van der Waals surface area contributed by atoms with Crippen molar-refractivity contribution in [2.75, 3.05) is 19.6 Å². The Kier molecular flexibility index (Phi) is 6.37. The van der Waals surface area contributed by atoms with Gasteiger partial charge in [0.05, 0.1) is 6.10 Å². The van der Waals surface area contributed by atoms with Crippen LogP contribution in [0.4, 0.5) is 0 Å². The number of aliphatic hydroxyl groups is 1. The second-order valence-corrected chi connectivity index (χ2v) is 7.76. The zero-order valence-corrected chi connectivity index (χ0v) is 13.9. The van der Waals surface area contributed by atoms with Crippen LogP contribution in [0.1, 0.15) is 44.1 Å². The first kappa shape index (κ1) is 17.4. The highest BCUT2D eigenvalue weighted by Crippen LogP contribution is 2.21. The van der Waals surface area contributed by atoms with Crippen molar-refractivity contribution in [3.63, 3.8) is 0 Å². The zero-order chi connectivity index (χ0) is 16.0. The van der Waals surface area contributed by atoms with Gasteiger partial charge in [-0.25, -0.2) is 4.72 Å². The molecule has 5 nitrogen and oxygen atoms in total. The predicted octanol–water partition coefficient (Wildman–Crippen LogP) is 1.86. The van der Waals surface area contributed by atoms with Gasteiger partial charge in [-0.2, -0.15) is 12.7 Å². The number of benzene rings is 1. The van der Waals surface area contributed by atoms with E-state index in [9.17, 15) is 13.5 Å². The van der Waals surface area contributed by atoms with Crippen LogP contribution in [-0.2, 0) is 10.2 Å². The molecule has 1 aromatic rings. The van der Waals surface area contributed by atoms with E-state index in [-0.39, 0.29) is 5.92 Å². The molecule has 0 radical (unpaired) electrons. The summed E-state index contributed by atoms with van der Waals surface area (Å²) in [5, 5.41) is 9.67. The molecule has 0 saturated carbocycles. The average molecular weight is 326 g/mol. The Morgan fingerprint density at radius 1 is 1.18 bits per heavy atom. The van der Waals surface area contributed by atoms with Gasteiger partial charge in [-0.3, -0.25) is 0 Å². The molecule has 0 aliphatic carbocycles. The molecule has 1 fully saturated rings. The number of hydrogen-bond donors (Lipinski definition) is 2. The van der Waals surface area contributed by atoms with Crippen molar-refractivity contribution in [3.8, 4) is 0 Å². The summed E-state index contributed by atoms with van der Waals surface area (Å²) in [6.45, 7) is 3.24. The Labute approximate surface area is 133 Å². The molecular weight excluding hydrogens is 300 g/mol. The number of aliphatic hydroxyl groups excluding tert-OH is 1. The lowest BCUT2D eigenvalue weighted by molar-refractivity contribution is 0.174. The molecule has 0 aromatic heterocycles. The summed E-state index contributed by atoms with van der Waals surface area (Å²) in [4.78, 5) is 0. The minimum absolute atomic E-state index is 0.0271. The highest BCUT2D eigenvalue weighted by atomic mass is 32.2. The lowest BCUT2D eigenvalue weighted by Gasteiger charge is -2.27. The van der Waals surface area contributed by atoms with E-state index in [1.54, 1.807) is 6.92 Å². The third-order valence-electron chi connectivity index (χ3n) is 4.06. The zero-order valence-electron chi connectivity index (χ0n) is 13.1. The fourth-order valence-corrected chi connectivity index (χ4v) is 4.21. The normalized spacial score (nSPS) is 19.7. The first-order chi connectivity index (χ1) is 10.5. The van der Waals surface area contributed by atoms with E-state index in [1.807, 2.05) is 30.3 Å².